The fourth-order valence-electron chi connectivity index (χ4n) is 2.05. The third kappa shape index (κ3) is 4.30. The highest BCUT2D eigenvalue weighted by Gasteiger charge is 2.25. The van der Waals surface area contributed by atoms with E-state index in [1.807, 2.05) is 58.0 Å². The minimum atomic E-state index is -3.43. The Morgan fingerprint density at radius 1 is 1.11 bits per heavy atom. The van der Waals surface area contributed by atoms with Gasteiger partial charge in [-0.3, -0.25) is 0 Å². The van der Waals surface area contributed by atoms with Gasteiger partial charge in [0, 0.05) is 13.1 Å². The van der Waals surface area contributed by atoms with Crippen molar-refractivity contribution in [2.45, 2.75) is 33.7 Å². The molecule has 0 radical (unpaired) electrons. The molecule has 1 aromatic rings. The maximum absolute atomic E-state index is 12.3. The standard InChI is InChI=1S/C14H24N2O2S/c1-5-16(6-2)19(17,18)15-14(12(3)4)13-10-8-7-9-11-13/h7-12,14-15H,5-6H2,1-4H3/t14-/m1/s1. The molecule has 0 amide bonds. The Balaban J connectivity index is 2.98. The van der Waals surface area contributed by atoms with E-state index in [0.29, 0.717) is 13.1 Å². The first-order chi connectivity index (χ1) is 8.92. The minimum Gasteiger partial charge on any atom is -0.195 e. The van der Waals surface area contributed by atoms with Gasteiger partial charge < -0.3 is 0 Å². The molecular weight excluding hydrogens is 260 g/mol. The summed E-state index contributed by atoms with van der Waals surface area (Å²) in [5.74, 6) is 0.188. The molecule has 0 saturated carbocycles. The van der Waals surface area contributed by atoms with E-state index in [2.05, 4.69) is 4.72 Å². The number of rotatable bonds is 7. The first kappa shape index (κ1) is 16.1. The molecule has 1 aromatic carbocycles. The predicted molar refractivity (Wildman–Crippen MR) is 79.0 cm³/mol. The lowest BCUT2D eigenvalue weighted by atomic mass is 9.97. The van der Waals surface area contributed by atoms with Crippen LogP contribution in [-0.2, 0) is 10.2 Å². The molecule has 0 fully saturated rings. The Morgan fingerprint density at radius 3 is 2.05 bits per heavy atom. The van der Waals surface area contributed by atoms with Crippen LogP contribution in [0.4, 0.5) is 0 Å². The van der Waals surface area contributed by atoms with Gasteiger partial charge >= 0.3 is 0 Å². The normalized spacial score (nSPS) is 14.0. The Bertz CT molecular complexity index is 467. The van der Waals surface area contributed by atoms with Crippen molar-refractivity contribution < 1.29 is 8.42 Å². The molecule has 1 atom stereocenters. The molecule has 0 aliphatic rings. The lowest BCUT2D eigenvalue weighted by Gasteiger charge is -2.27. The highest BCUT2D eigenvalue weighted by molar-refractivity contribution is 7.87. The molecule has 1 rings (SSSR count). The van der Waals surface area contributed by atoms with E-state index in [0.717, 1.165) is 5.56 Å². The molecular formula is C14H24N2O2S. The van der Waals surface area contributed by atoms with Crippen LogP contribution in [0, 0.1) is 5.92 Å². The van der Waals surface area contributed by atoms with E-state index in [1.165, 1.54) is 4.31 Å². The van der Waals surface area contributed by atoms with Gasteiger partial charge in [0.05, 0.1) is 6.04 Å². The largest absolute Gasteiger partial charge is 0.279 e. The molecule has 0 aromatic heterocycles. The Kier molecular flexibility index (Phi) is 5.97. The number of benzene rings is 1. The summed E-state index contributed by atoms with van der Waals surface area (Å²) < 4.78 is 28.8. The second kappa shape index (κ2) is 7.03. The van der Waals surface area contributed by atoms with Crippen LogP contribution in [0.2, 0.25) is 0 Å². The van der Waals surface area contributed by atoms with Crippen molar-refractivity contribution in [1.29, 1.82) is 0 Å². The summed E-state index contributed by atoms with van der Waals surface area (Å²) >= 11 is 0. The van der Waals surface area contributed by atoms with Crippen LogP contribution < -0.4 is 4.72 Å². The monoisotopic (exact) mass is 284 g/mol. The van der Waals surface area contributed by atoms with Crippen LogP contribution in [0.3, 0.4) is 0 Å². The van der Waals surface area contributed by atoms with Gasteiger partial charge in [-0.05, 0) is 11.5 Å². The summed E-state index contributed by atoms with van der Waals surface area (Å²) in [6.45, 7) is 8.67. The quantitative estimate of drug-likeness (QED) is 0.836. The van der Waals surface area contributed by atoms with Gasteiger partial charge in [0.25, 0.3) is 10.2 Å². The van der Waals surface area contributed by atoms with Crippen molar-refractivity contribution in [3.8, 4) is 0 Å². The fourth-order valence-corrected chi connectivity index (χ4v) is 3.61. The van der Waals surface area contributed by atoms with Crippen LogP contribution in [0.15, 0.2) is 30.3 Å². The summed E-state index contributed by atoms with van der Waals surface area (Å²) in [6.07, 6.45) is 0. The molecule has 19 heavy (non-hydrogen) atoms. The lowest BCUT2D eigenvalue weighted by molar-refractivity contribution is 0.403. The van der Waals surface area contributed by atoms with Gasteiger partial charge in [-0.15, -0.1) is 0 Å². The fraction of sp³-hybridized carbons (Fsp3) is 0.571. The van der Waals surface area contributed by atoms with Crippen LogP contribution in [0.5, 0.6) is 0 Å². The van der Waals surface area contributed by atoms with Crippen molar-refractivity contribution >= 4 is 10.2 Å². The summed E-state index contributed by atoms with van der Waals surface area (Å²) in [5.41, 5.74) is 0.994. The second-order valence-corrected chi connectivity index (χ2v) is 6.54. The van der Waals surface area contributed by atoms with Gasteiger partial charge in [-0.1, -0.05) is 58.0 Å². The average Bonchev–Trinajstić information content (AvgIpc) is 2.38. The Morgan fingerprint density at radius 2 is 1.63 bits per heavy atom. The Labute approximate surface area is 117 Å². The van der Waals surface area contributed by atoms with Crippen LogP contribution >= 0.6 is 0 Å². The van der Waals surface area contributed by atoms with Gasteiger partial charge in [-0.2, -0.15) is 17.4 Å². The van der Waals surface area contributed by atoms with Crippen molar-refractivity contribution in [1.82, 2.24) is 9.03 Å². The summed E-state index contributed by atoms with van der Waals surface area (Å²) in [7, 11) is -3.43. The van der Waals surface area contributed by atoms with E-state index >= 15 is 0 Å². The third-order valence-electron chi connectivity index (χ3n) is 3.15. The molecule has 0 aliphatic carbocycles. The summed E-state index contributed by atoms with van der Waals surface area (Å²) in [6, 6.07) is 9.49. The molecule has 5 heteroatoms. The average molecular weight is 284 g/mol. The first-order valence-corrected chi connectivity index (χ1v) is 8.18. The van der Waals surface area contributed by atoms with E-state index in [9.17, 15) is 8.42 Å². The number of nitrogens with zero attached hydrogens (tertiary/aromatic N) is 1. The molecule has 0 saturated heterocycles. The predicted octanol–water partition coefficient (Wildman–Crippen LogP) is 2.56. The van der Waals surface area contributed by atoms with E-state index < -0.39 is 10.2 Å². The zero-order valence-electron chi connectivity index (χ0n) is 12.1. The van der Waals surface area contributed by atoms with Gasteiger partial charge in [0.2, 0.25) is 0 Å². The van der Waals surface area contributed by atoms with E-state index in [1.54, 1.807) is 0 Å². The van der Waals surface area contributed by atoms with Crippen LogP contribution in [0.1, 0.15) is 39.3 Å². The lowest BCUT2D eigenvalue weighted by Crippen LogP contribution is -2.43. The number of nitrogens with one attached hydrogen (secondary N) is 1. The SMILES string of the molecule is CCN(CC)S(=O)(=O)N[C@@H](c1ccccc1)C(C)C. The van der Waals surface area contributed by atoms with E-state index in [-0.39, 0.29) is 12.0 Å². The topological polar surface area (TPSA) is 49.4 Å². The summed E-state index contributed by atoms with van der Waals surface area (Å²) in [5, 5.41) is 0. The molecule has 0 bridgehead atoms. The smallest absolute Gasteiger partial charge is 0.195 e. The first-order valence-electron chi connectivity index (χ1n) is 6.74. The zero-order valence-corrected chi connectivity index (χ0v) is 12.9. The molecule has 0 spiro atoms. The molecule has 4 nitrogen and oxygen atoms in total. The van der Waals surface area contributed by atoms with Crippen molar-refractivity contribution in [3.63, 3.8) is 0 Å². The number of hydrogen-bond donors (Lipinski definition) is 1. The third-order valence-corrected chi connectivity index (χ3v) is 4.89. The minimum absolute atomic E-state index is 0.188. The maximum Gasteiger partial charge on any atom is 0.279 e. The highest BCUT2D eigenvalue weighted by Crippen LogP contribution is 2.22. The summed E-state index contributed by atoms with van der Waals surface area (Å²) in [4.78, 5) is 0. The van der Waals surface area contributed by atoms with E-state index in [4.69, 9.17) is 0 Å². The molecule has 1 N–H and O–H groups in total. The second-order valence-electron chi connectivity index (χ2n) is 4.84. The highest BCUT2D eigenvalue weighted by atomic mass is 32.2. The van der Waals surface area contributed by atoms with Crippen molar-refractivity contribution in [2.75, 3.05) is 13.1 Å². The zero-order chi connectivity index (χ0) is 14.5. The van der Waals surface area contributed by atoms with Gasteiger partial charge in [0.15, 0.2) is 0 Å². The molecule has 108 valence electrons. The number of hydrogen-bond acceptors (Lipinski definition) is 2. The Hall–Kier alpha value is -0.910. The van der Waals surface area contributed by atoms with Crippen molar-refractivity contribution in [3.05, 3.63) is 35.9 Å². The molecule has 0 heterocycles. The van der Waals surface area contributed by atoms with Gasteiger partial charge in [0.1, 0.15) is 0 Å². The van der Waals surface area contributed by atoms with Gasteiger partial charge in [-0.25, -0.2) is 0 Å². The molecule has 0 aliphatic heterocycles. The van der Waals surface area contributed by atoms with Crippen molar-refractivity contribution in [2.24, 2.45) is 5.92 Å². The molecule has 0 unspecified atom stereocenters. The maximum atomic E-state index is 12.3. The van der Waals surface area contributed by atoms with Crippen LogP contribution in [-0.4, -0.2) is 25.8 Å². The van der Waals surface area contributed by atoms with Crippen LogP contribution in [0.25, 0.3) is 0 Å².